The number of aryl methyl sites for hydroxylation is 1. The van der Waals surface area contributed by atoms with Gasteiger partial charge in [-0.3, -0.25) is 0 Å². The van der Waals surface area contributed by atoms with Gasteiger partial charge >= 0.3 is 6.03 Å². The van der Waals surface area contributed by atoms with Crippen LogP contribution in [0.5, 0.6) is 0 Å². The van der Waals surface area contributed by atoms with E-state index in [0.717, 1.165) is 67.7 Å². The van der Waals surface area contributed by atoms with Gasteiger partial charge in [0, 0.05) is 49.7 Å². The second-order valence-corrected chi connectivity index (χ2v) is 9.30. The molecular weight excluding hydrogens is 360 g/mol. The van der Waals surface area contributed by atoms with Gasteiger partial charge in [0.1, 0.15) is 11.5 Å². The molecule has 2 aromatic heterocycles. The molecule has 1 unspecified atom stereocenters. The molecule has 6 nitrogen and oxygen atoms in total. The average molecular weight is 389 g/mol. The molecule has 4 rings (SSSR count). The summed E-state index contributed by atoms with van der Waals surface area (Å²) in [5.41, 5.74) is 1.27. The first-order valence-corrected chi connectivity index (χ1v) is 10.6. The highest BCUT2D eigenvalue weighted by atomic mass is 32.1. The first-order valence-electron chi connectivity index (χ1n) is 9.70. The number of carbonyl (C=O) groups is 1. The van der Waals surface area contributed by atoms with Gasteiger partial charge in [0.15, 0.2) is 5.13 Å². The molecule has 27 heavy (non-hydrogen) atoms. The number of nitrogens with one attached hydrogen (secondary N) is 1. The van der Waals surface area contributed by atoms with Crippen LogP contribution in [0.25, 0.3) is 0 Å². The first kappa shape index (κ1) is 18.3. The summed E-state index contributed by atoms with van der Waals surface area (Å²) < 4.78 is 5.90. The normalized spacial score (nSPS) is 22.3. The highest BCUT2D eigenvalue weighted by Crippen LogP contribution is 2.42. The smallest absolute Gasteiger partial charge is 0.317 e. The Hall–Kier alpha value is -2.02. The Morgan fingerprint density at radius 3 is 2.96 bits per heavy atom. The van der Waals surface area contributed by atoms with Gasteiger partial charge in [0.2, 0.25) is 0 Å². The highest BCUT2D eigenvalue weighted by Gasteiger charge is 2.36. The number of urea groups is 1. The molecule has 1 aliphatic carbocycles. The summed E-state index contributed by atoms with van der Waals surface area (Å²) in [5.74, 6) is 1.95. The van der Waals surface area contributed by atoms with Crippen LogP contribution in [-0.4, -0.2) is 42.1 Å². The minimum atomic E-state index is 0.0204. The van der Waals surface area contributed by atoms with Crippen LogP contribution in [0.2, 0.25) is 0 Å². The molecular formula is C20H28N4O2S. The van der Waals surface area contributed by atoms with Crippen LogP contribution in [0.15, 0.2) is 22.1 Å². The van der Waals surface area contributed by atoms with Crippen LogP contribution in [0.3, 0.4) is 0 Å². The predicted molar refractivity (Wildman–Crippen MR) is 107 cm³/mol. The van der Waals surface area contributed by atoms with E-state index in [1.807, 2.05) is 23.4 Å². The monoisotopic (exact) mass is 388 g/mol. The van der Waals surface area contributed by atoms with E-state index < -0.39 is 0 Å². The van der Waals surface area contributed by atoms with Crippen molar-refractivity contribution in [3.05, 3.63) is 34.7 Å². The molecule has 2 amide bonds. The number of carbonyl (C=O) groups excluding carboxylic acids is 1. The topological polar surface area (TPSA) is 61.6 Å². The summed E-state index contributed by atoms with van der Waals surface area (Å²) in [4.78, 5) is 21.6. The quantitative estimate of drug-likeness (QED) is 0.845. The van der Waals surface area contributed by atoms with Crippen molar-refractivity contribution in [2.24, 2.45) is 5.41 Å². The number of aromatic nitrogens is 1. The standard InChI is InChI=1S/C20H28N4O2S/c1-14-11-15-16(12-20(2,3)13-17(15)26-14)22-18(25)23-6-4-7-24(9-8-23)19-21-5-10-27-19/h5,10-11,16H,4,6-9,12-13H2,1-3H3,(H,22,25). The Morgan fingerprint density at radius 2 is 2.19 bits per heavy atom. The largest absolute Gasteiger partial charge is 0.466 e. The lowest BCUT2D eigenvalue weighted by Gasteiger charge is -2.35. The van der Waals surface area contributed by atoms with Gasteiger partial charge in [-0.05, 0) is 31.2 Å². The van der Waals surface area contributed by atoms with E-state index >= 15 is 0 Å². The molecule has 1 aliphatic heterocycles. The van der Waals surface area contributed by atoms with Gasteiger partial charge in [-0.2, -0.15) is 0 Å². The molecule has 2 aromatic rings. The maximum atomic E-state index is 13.0. The fourth-order valence-electron chi connectivity index (χ4n) is 4.24. The number of nitrogens with zero attached hydrogens (tertiary/aromatic N) is 3. The lowest BCUT2D eigenvalue weighted by Crippen LogP contribution is -2.45. The van der Waals surface area contributed by atoms with Crippen molar-refractivity contribution in [2.75, 3.05) is 31.1 Å². The summed E-state index contributed by atoms with van der Waals surface area (Å²) in [6.07, 6.45) is 4.66. The van der Waals surface area contributed by atoms with E-state index in [2.05, 4.69) is 35.1 Å². The molecule has 0 radical (unpaired) electrons. The van der Waals surface area contributed by atoms with Crippen LogP contribution in [0, 0.1) is 12.3 Å². The fourth-order valence-corrected chi connectivity index (χ4v) is 4.93. The molecule has 146 valence electrons. The maximum Gasteiger partial charge on any atom is 0.317 e. The first-order chi connectivity index (χ1) is 12.9. The SMILES string of the molecule is Cc1cc2c(o1)CC(C)(C)CC2NC(=O)N1CCCN(c2nccs2)CC1. The lowest BCUT2D eigenvalue weighted by molar-refractivity contribution is 0.184. The van der Waals surface area contributed by atoms with E-state index in [1.54, 1.807) is 11.3 Å². The fraction of sp³-hybridized carbons (Fsp3) is 0.600. The van der Waals surface area contributed by atoms with Crippen molar-refractivity contribution in [3.63, 3.8) is 0 Å². The number of amides is 2. The molecule has 0 bridgehead atoms. The maximum absolute atomic E-state index is 13.0. The van der Waals surface area contributed by atoms with Gasteiger partial charge < -0.3 is 19.5 Å². The molecule has 1 saturated heterocycles. The third-order valence-electron chi connectivity index (χ3n) is 5.51. The van der Waals surface area contributed by atoms with Crippen molar-refractivity contribution in [2.45, 2.75) is 46.1 Å². The van der Waals surface area contributed by atoms with E-state index in [0.29, 0.717) is 0 Å². The summed E-state index contributed by atoms with van der Waals surface area (Å²) in [7, 11) is 0. The van der Waals surface area contributed by atoms with Gasteiger partial charge in [-0.15, -0.1) is 11.3 Å². The Kier molecular flexibility index (Phi) is 4.88. The van der Waals surface area contributed by atoms with Crippen LogP contribution in [0.4, 0.5) is 9.93 Å². The summed E-state index contributed by atoms with van der Waals surface area (Å²) in [6.45, 7) is 9.73. The number of anilines is 1. The van der Waals surface area contributed by atoms with Crippen LogP contribution < -0.4 is 10.2 Å². The highest BCUT2D eigenvalue weighted by molar-refractivity contribution is 7.13. The van der Waals surface area contributed by atoms with E-state index in [1.165, 1.54) is 0 Å². The van der Waals surface area contributed by atoms with E-state index in [9.17, 15) is 4.79 Å². The third-order valence-corrected chi connectivity index (χ3v) is 6.34. The number of thiazole rings is 1. The molecule has 0 spiro atoms. The van der Waals surface area contributed by atoms with Crippen LogP contribution >= 0.6 is 11.3 Å². The zero-order valence-electron chi connectivity index (χ0n) is 16.3. The predicted octanol–water partition coefficient (Wildman–Crippen LogP) is 3.98. The second-order valence-electron chi connectivity index (χ2n) is 8.43. The van der Waals surface area contributed by atoms with E-state index in [4.69, 9.17) is 4.42 Å². The number of hydrogen-bond donors (Lipinski definition) is 1. The third kappa shape index (κ3) is 3.98. The average Bonchev–Trinajstić information content (AvgIpc) is 3.17. The van der Waals surface area contributed by atoms with Gasteiger partial charge in [0.25, 0.3) is 0 Å². The van der Waals surface area contributed by atoms with Crippen molar-refractivity contribution >= 4 is 22.5 Å². The number of furan rings is 1. The second kappa shape index (κ2) is 7.19. The Bertz CT molecular complexity index is 799. The minimum Gasteiger partial charge on any atom is -0.466 e. The van der Waals surface area contributed by atoms with Gasteiger partial charge in [-0.1, -0.05) is 13.8 Å². The number of hydrogen-bond acceptors (Lipinski definition) is 5. The lowest BCUT2D eigenvalue weighted by atomic mass is 9.75. The van der Waals surface area contributed by atoms with Gasteiger partial charge in [0.05, 0.1) is 6.04 Å². The minimum absolute atomic E-state index is 0.0204. The molecule has 0 saturated carbocycles. The molecule has 2 aliphatic rings. The number of rotatable bonds is 2. The Morgan fingerprint density at radius 1 is 1.33 bits per heavy atom. The van der Waals surface area contributed by atoms with Crippen molar-refractivity contribution in [1.82, 2.24) is 15.2 Å². The van der Waals surface area contributed by atoms with Crippen molar-refractivity contribution in [3.8, 4) is 0 Å². The molecule has 0 aromatic carbocycles. The summed E-state index contributed by atoms with van der Waals surface area (Å²) in [5, 5.41) is 6.33. The van der Waals surface area contributed by atoms with Crippen LogP contribution in [-0.2, 0) is 6.42 Å². The van der Waals surface area contributed by atoms with Gasteiger partial charge in [-0.25, -0.2) is 9.78 Å². The van der Waals surface area contributed by atoms with Crippen molar-refractivity contribution < 1.29 is 9.21 Å². The summed E-state index contributed by atoms with van der Waals surface area (Å²) >= 11 is 1.66. The van der Waals surface area contributed by atoms with Crippen molar-refractivity contribution in [1.29, 1.82) is 0 Å². The molecule has 1 atom stereocenters. The number of fused-ring (bicyclic) bond motifs is 1. The Balaban J connectivity index is 1.43. The van der Waals surface area contributed by atoms with Crippen LogP contribution in [0.1, 0.15) is 49.8 Å². The molecule has 1 N–H and O–H groups in total. The zero-order chi connectivity index (χ0) is 19.0. The summed E-state index contributed by atoms with van der Waals surface area (Å²) in [6, 6.07) is 2.14. The molecule has 3 heterocycles. The molecule has 7 heteroatoms. The molecule has 1 fully saturated rings. The van der Waals surface area contributed by atoms with E-state index in [-0.39, 0.29) is 17.5 Å². The Labute approximate surface area is 164 Å². The zero-order valence-corrected chi connectivity index (χ0v) is 17.1.